The first-order valence-electron chi connectivity index (χ1n) is 6.96. The number of rotatable bonds is 2. The molecule has 2 fully saturated rings. The fraction of sp³-hybridized carbons (Fsp3) is 0.643. The molecule has 0 bridgehead atoms. The van der Waals surface area contributed by atoms with Crippen LogP contribution < -0.4 is 10.6 Å². The fourth-order valence-electron chi connectivity index (χ4n) is 3.09. The average molecular weight is 246 g/mol. The van der Waals surface area contributed by atoms with Gasteiger partial charge in [-0.05, 0) is 51.4 Å². The third-order valence-electron chi connectivity index (χ3n) is 4.26. The van der Waals surface area contributed by atoms with E-state index in [9.17, 15) is 0 Å². The van der Waals surface area contributed by atoms with E-state index < -0.39 is 0 Å². The van der Waals surface area contributed by atoms with Crippen LogP contribution in [-0.2, 0) is 0 Å². The maximum atomic E-state index is 5.82. The monoisotopic (exact) mass is 246 g/mol. The van der Waals surface area contributed by atoms with Gasteiger partial charge in [0.05, 0.1) is 11.4 Å². The van der Waals surface area contributed by atoms with Crippen LogP contribution in [0.1, 0.15) is 25.0 Å². The third-order valence-corrected chi connectivity index (χ3v) is 4.26. The number of aromatic nitrogens is 1. The van der Waals surface area contributed by atoms with Gasteiger partial charge in [0, 0.05) is 19.1 Å². The van der Waals surface area contributed by atoms with Crippen LogP contribution in [0.25, 0.3) is 0 Å². The molecule has 98 valence electrons. The molecule has 1 atom stereocenters. The summed E-state index contributed by atoms with van der Waals surface area (Å²) >= 11 is 0. The summed E-state index contributed by atoms with van der Waals surface area (Å²) in [6.07, 6.45) is 4.01. The molecule has 2 aliphatic heterocycles. The van der Waals surface area contributed by atoms with Gasteiger partial charge in [-0.3, -0.25) is 4.90 Å². The van der Waals surface area contributed by atoms with Crippen LogP contribution in [-0.4, -0.2) is 42.1 Å². The Balaban J connectivity index is 1.69. The summed E-state index contributed by atoms with van der Waals surface area (Å²) in [7, 11) is 0. The van der Waals surface area contributed by atoms with Gasteiger partial charge < -0.3 is 10.6 Å². The second-order valence-electron chi connectivity index (χ2n) is 5.48. The zero-order valence-corrected chi connectivity index (χ0v) is 11.1. The molecule has 0 aliphatic carbocycles. The lowest BCUT2D eigenvalue weighted by atomic mass is 10.2. The Kier molecular flexibility index (Phi) is 3.12. The summed E-state index contributed by atoms with van der Waals surface area (Å²) in [5.41, 5.74) is 7.55. The standard InChI is InChI=1S/C14H22N4/c1-11-13(15)4-5-14(16-11)18-9-6-12(10-18)17-7-2-3-8-17/h4-5,12H,2-3,6-10,15H2,1H3. The van der Waals surface area contributed by atoms with Gasteiger partial charge in [0.2, 0.25) is 0 Å². The molecule has 1 aromatic rings. The van der Waals surface area contributed by atoms with Gasteiger partial charge in [-0.15, -0.1) is 0 Å². The second kappa shape index (κ2) is 4.76. The highest BCUT2D eigenvalue weighted by Crippen LogP contribution is 2.25. The smallest absolute Gasteiger partial charge is 0.129 e. The number of nitrogen functional groups attached to an aromatic ring is 1. The van der Waals surface area contributed by atoms with Crippen molar-refractivity contribution in [1.29, 1.82) is 0 Å². The number of nitrogens with two attached hydrogens (primary N) is 1. The van der Waals surface area contributed by atoms with E-state index in [0.717, 1.165) is 36.3 Å². The molecule has 2 N–H and O–H groups in total. The number of hydrogen-bond donors (Lipinski definition) is 1. The predicted octanol–water partition coefficient (Wildman–Crippen LogP) is 1.65. The summed E-state index contributed by atoms with van der Waals surface area (Å²) in [5.74, 6) is 1.09. The first kappa shape index (κ1) is 11.8. The van der Waals surface area contributed by atoms with Crippen LogP contribution in [0.3, 0.4) is 0 Å². The van der Waals surface area contributed by atoms with Crippen LogP contribution in [0.2, 0.25) is 0 Å². The lowest BCUT2D eigenvalue weighted by molar-refractivity contribution is 0.260. The van der Waals surface area contributed by atoms with E-state index in [0.29, 0.717) is 0 Å². The Hall–Kier alpha value is -1.29. The second-order valence-corrected chi connectivity index (χ2v) is 5.48. The summed E-state index contributed by atoms with van der Waals surface area (Å²) < 4.78 is 0. The van der Waals surface area contributed by atoms with Gasteiger partial charge in [0.15, 0.2) is 0 Å². The molecular formula is C14H22N4. The van der Waals surface area contributed by atoms with E-state index in [1.54, 1.807) is 0 Å². The van der Waals surface area contributed by atoms with E-state index in [1.165, 1.54) is 32.4 Å². The summed E-state index contributed by atoms with van der Waals surface area (Å²) in [6, 6.07) is 4.75. The Morgan fingerprint density at radius 2 is 2.00 bits per heavy atom. The molecule has 0 saturated carbocycles. The van der Waals surface area contributed by atoms with Crippen molar-refractivity contribution in [3.63, 3.8) is 0 Å². The zero-order chi connectivity index (χ0) is 12.5. The lowest BCUT2D eigenvalue weighted by Crippen LogP contribution is -2.35. The highest BCUT2D eigenvalue weighted by atomic mass is 15.3. The number of likely N-dealkylation sites (tertiary alicyclic amines) is 1. The molecule has 4 heteroatoms. The molecule has 1 unspecified atom stereocenters. The molecule has 0 radical (unpaired) electrons. The van der Waals surface area contributed by atoms with E-state index in [1.807, 2.05) is 13.0 Å². The number of anilines is 2. The minimum absolute atomic E-state index is 0.729. The van der Waals surface area contributed by atoms with Crippen molar-refractivity contribution in [2.45, 2.75) is 32.2 Å². The molecule has 18 heavy (non-hydrogen) atoms. The van der Waals surface area contributed by atoms with Crippen LogP contribution >= 0.6 is 0 Å². The molecule has 4 nitrogen and oxygen atoms in total. The van der Waals surface area contributed by atoms with Crippen LogP contribution in [0.5, 0.6) is 0 Å². The minimum atomic E-state index is 0.729. The largest absolute Gasteiger partial charge is 0.397 e. The van der Waals surface area contributed by atoms with Gasteiger partial charge in [-0.1, -0.05) is 0 Å². The van der Waals surface area contributed by atoms with Crippen molar-refractivity contribution in [3.8, 4) is 0 Å². The summed E-state index contributed by atoms with van der Waals surface area (Å²) in [6.45, 7) is 6.79. The first-order chi connectivity index (χ1) is 8.74. The molecule has 1 aromatic heterocycles. The van der Waals surface area contributed by atoms with E-state index in [4.69, 9.17) is 5.73 Å². The maximum absolute atomic E-state index is 5.82. The van der Waals surface area contributed by atoms with Crippen LogP contribution in [0, 0.1) is 6.92 Å². The van der Waals surface area contributed by atoms with Crippen LogP contribution in [0.15, 0.2) is 12.1 Å². The van der Waals surface area contributed by atoms with Gasteiger partial charge in [-0.25, -0.2) is 4.98 Å². The van der Waals surface area contributed by atoms with Crippen molar-refractivity contribution in [3.05, 3.63) is 17.8 Å². The predicted molar refractivity (Wildman–Crippen MR) is 74.8 cm³/mol. The normalized spacial score (nSPS) is 24.9. The Labute approximate surface area is 109 Å². The summed E-state index contributed by atoms with van der Waals surface area (Å²) in [4.78, 5) is 9.64. The molecular weight excluding hydrogens is 224 g/mol. The SMILES string of the molecule is Cc1nc(N2CCC(N3CCCC3)C2)ccc1N. The van der Waals surface area contributed by atoms with Crippen molar-refractivity contribution in [1.82, 2.24) is 9.88 Å². The quantitative estimate of drug-likeness (QED) is 0.862. The number of aryl methyl sites for hydroxylation is 1. The molecule has 0 aromatic carbocycles. The topological polar surface area (TPSA) is 45.4 Å². The summed E-state index contributed by atoms with van der Waals surface area (Å²) in [5, 5.41) is 0. The van der Waals surface area contributed by atoms with Gasteiger partial charge in [-0.2, -0.15) is 0 Å². The van der Waals surface area contributed by atoms with Crippen molar-refractivity contribution in [2.75, 3.05) is 36.8 Å². The highest BCUT2D eigenvalue weighted by Gasteiger charge is 2.29. The van der Waals surface area contributed by atoms with E-state index in [2.05, 4.69) is 20.9 Å². The van der Waals surface area contributed by atoms with Gasteiger partial charge in [0.25, 0.3) is 0 Å². The third kappa shape index (κ3) is 2.17. The maximum Gasteiger partial charge on any atom is 0.129 e. The van der Waals surface area contributed by atoms with Gasteiger partial charge in [0.1, 0.15) is 5.82 Å². The molecule has 3 heterocycles. The Morgan fingerprint density at radius 3 is 2.72 bits per heavy atom. The van der Waals surface area contributed by atoms with Crippen molar-refractivity contribution >= 4 is 11.5 Å². The molecule has 2 aliphatic rings. The number of pyridine rings is 1. The number of hydrogen-bond acceptors (Lipinski definition) is 4. The van der Waals surface area contributed by atoms with Gasteiger partial charge >= 0.3 is 0 Å². The first-order valence-corrected chi connectivity index (χ1v) is 6.96. The van der Waals surface area contributed by atoms with E-state index in [-0.39, 0.29) is 0 Å². The fourth-order valence-corrected chi connectivity index (χ4v) is 3.09. The van der Waals surface area contributed by atoms with Crippen LogP contribution in [0.4, 0.5) is 11.5 Å². The molecule has 3 rings (SSSR count). The van der Waals surface area contributed by atoms with Crippen molar-refractivity contribution < 1.29 is 0 Å². The molecule has 2 saturated heterocycles. The average Bonchev–Trinajstić information content (AvgIpc) is 3.01. The molecule has 0 amide bonds. The highest BCUT2D eigenvalue weighted by molar-refractivity contribution is 5.51. The van der Waals surface area contributed by atoms with E-state index >= 15 is 0 Å². The Morgan fingerprint density at radius 1 is 1.22 bits per heavy atom. The zero-order valence-electron chi connectivity index (χ0n) is 11.1. The lowest BCUT2D eigenvalue weighted by Gasteiger charge is -2.24. The number of nitrogens with zero attached hydrogens (tertiary/aromatic N) is 3. The van der Waals surface area contributed by atoms with Crippen molar-refractivity contribution in [2.24, 2.45) is 0 Å². The molecule has 0 spiro atoms. The Bertz CT molecular complexity index is 426. The minimum Gasteiger partial charge on any atom is -0.397 e.